The average Bonchev–Trinajstić information content (AvgIpc) is 2.84. The summed E-state index contributed by atoms with van der Waals surface area (Å²) in [5.74, 6) is 0.787. The molecule has 3 aromatic rings. The second kappa shape index (κ2) is 4.52. The Morgan fingerprint density at radius 1 is 1.28 bits per heavy atom. The van der Waals surface area contributed by atoms with E-state index >= 15 is 0 Å². The van der Waals surface area contributed by atoms with E-state index in [1.807, 2.05) is 12.1 Å². The first kappa shape index (κ1) is 12.5. The van der Waals surface area contributed by atoms with Crippen LogP contribution in [0.25, 0.3) is 21.7 Å². The Kier molecular flexibility index (Phi) is 3.13. The number of anilines is 1. The largest absolute Gasteiger partial charge is 0.397 e. The number of hydrogen-bond donors (Lipinski definition) is 2. The average molecular weight is 408 g/mol. The molecule has 0 saturated heterocycles. The minimum absolute atomic E-state index is 0.578. The maximum Gasteiger partial charge on any atom is 0.148 e. The summed E-state index contributed by atoms with van der Waals surface area (Å²) in [5, 5.41) is 0.601. The highest BCUT2D eigenvalue weighted by Crippen LogP contribution is 2.38. The molecule has 0 spiro atoms. The number of aromatic amines is 1. The van der Waals surface area contributed by atoms with Gasteiger partial charge in [0.1, 0.15) is 11.3 Å². The fourth-order valence-corrected chi connectivity index (χ4v) is 3.89. The molecule has 0 aliphatic heterocycles. The van der Waals surface area contributed by atoms with Gasteiger partial charge in [-0.25, -0.2) is 4.98 Å². The molecule has 0 aliphatic carbocycles. The summed E-state index contributed by atoms with van der Waals surface area (Å²) in [6.07, 6.45) is 0. The van der Waals surface area contributed by atoms with Crippen molar-refractivity contribution in [1.82, 2.24) is 9.97 Å². The van der Waals surface area contributed by atoms with Crippen molar-refractivity contribution in [3.63, 3.8) is 0 Å². The molecule has 2 aromatic heterocycles. The zero-order valence-corrected chi connectivity index (χ0v) is 13.5. The molecular formula is C11H6Br2ClN3S. The van der Waals surface area contributed by atoms with E-state index < -0.39 is 0 Å². The van der Waals surface area contributed by atoms with Crippen molar-refractivity contribution in [2.24, 2.45) is 0 Å². The van der Waals surface area contributed by atoms with Crippen LogP contribution < -0.4 is 5.73 Å². The molecule has 92 valence electrons. The molecule has 0 unspecified atom stereocenters. The monoisotopic (exact) mass is 405 g/mol. The quantitative estimate of drug-likeness (QED) is 0.555. The summed E-state index contributed by atoms with van der Waals surface area (Å²) in [4.78, 5) is 8.76. The summed E-state index contributed by atoms with van der Waals surface area (Å²) >= 11 is 14.5. The summed E-state index contributed by atoms with van der Waals surface area (Å²) < 4.78 is 2.04. The Hall–Kier alpha value is -0.560. The first-order valence-corrected chi connectivity index (χ1v) is 7.72. The van der Waals surface area contributed by atoms with Crippen molar-refractivity contribution in [2.45, 2.75) is 0 Å². The van der Waals surface area contributed by atoms with Gasteiger partial charge in [-0.15, -0.1) is 11.3 Å². The molecule has 0 amide bonds. The van der Waals surface area contributed by atoms with Crippen molar-refractivity contribution in [2.75, 3.05) is 5.73 Å². The summed E-state index contributed by atoms with van der Waals surface area (Å²) in [5.41, 5.74) is 8.07. The van der Waals surface area contributed by atoms with Crippen LogP contribution in [-0.4, -0.2) is 9.97 Å². The molecule has 0 bridgehead atoms. The number of H-pyrrole nitrogens is 1. The second-order valence-corrected chi connectivity index (χ2v) is 7.37. The van der Waals surface area contributed by atoms with Crippen molar-refractivity contribution < 1.29 is 0 Å². The third kappa shape index (κ3) is 2.07. The van der Waals surface area contributed by atoms with Crippen LogP contribution in [0.1, 0.15) is 0 Å². The second-order valence-electron chi connectivity index (χ2n) is 3.71. The maximum atomic E-state index is 5.97. The molecule has 1 aromatic carbocycles. The van der Waals surface area contributed by atoms with Crippen molar-refractivity contribution >= 4 is 71.5 Å². The van der Waals surface area contributed by atoms with Gasteiger partial charge in [0.05, 0.1) is 19.9 Å². The number of nitrogens with two attached hydrogens (primary N) is 1. The van der Waals surface area contributed by atoms with Crippen LogP contribution in [-0.2, 0) is 0 Å². The maximum absolute atomic E-state index is 5.97. The fourth-order valence-electron chi connectivity index (χ4n) is 1.69. The van der Waals surface area contributed by atoms with Crippen LogP contribution in [0, 0.1) is 0 Å². The fraction of sp³-hybridized carbons (Fsp3) is 0. The number of hydrogen-bond acceptors (Lipinski definition) is 3. The molecule has 2 heterocycles. The molecule has 0 saturated carbocycles. The predicted molar refractivity (Wildman–Crippen MR) is 84.2 cm³/mol. The minimum Gasteiger partial charge on any atom is -0.397 e. The topological polar surface area (TPSA) is 54.7 Å². The molecule has 0 fully saturated rings. The third-order valence-corrected chi connectivity index (χ3v) is 5.94. The zero-order chi connectivity index (χ0) is 12.9. The number of nitrogens with zero attached hydrogens (tertiary/aromatic N) is 1. The Labute approximate surface area is 129 Å². The van der Waals surface area contributed by atoms with Gasteiger partial charge >= 0.3 is 0 Å². The van der Waals surface area contributed by atoms with E-state index in [1.54, 1.807) is 17.4 Å². The first-order valence-electron chi connectivity index (χ1n) is 4.94. The number of nitrogen functional groups attached to an aromatic ring is 1. The number of thiophene rings is 1. The van der Waals surface area contributed by atoms with Crippen molar-refractivity contribution in [3.8, 4) is 10.7 Å². The van der Waals surface area contributed by atoms with Crippen LogP contribution >= 0.6 is 54.8 Å². The molecule has 18 heavy (non-hydrogen) atoms. The standard InChI is InChI=1S/C11H6Br2ClN3S/c12-5-3-8(18-10(5)13)11-16-7-2-4(14)1-6(15)9(7)17-11/h1-3H,15H2,(H,16,17). The van der Waals surface area contributed by atoms with Gasteiger partial charge in [0, 0.05) is 9.50 Å². The van der Waals surface area contributed by atoms with Gasteiger partial charge in [0.25, 0.3) is 0 Å². The SMILES string of the molecule is Nc1cc(Cl)cc2[nH]c(-c3cc(Br)c(Br)s3)nc12. The van der Waals surface area contributed by atoms with Crippen LogP contribution in [0.5, 0.6) is 0 Å². The van der Waals surface area contributed by atoms with E-state index in [2.05, 4.69) is 41.8 Å². The number of benzene rings is 1. The smallest absolute Gasteiger partial charge is 0.148 e. The van der Waals surface area contributed by atoms with E-state index in [-0.39, 0.29) is 0 Å². The molecule has 0 radical (unpaired) electrons. The molecule has 0 atom stereocenters. The molecule has 3 N–H and O–H groups in total. The zero-order valence-electron chi connectivity index (χ0n) is 8.80. The van der Waals surface area contributed by atoms with Crippen LogP contribution in [0.4, 0.5) is 5.69 Å². The van der Waals surface area contributed by atoms with Gasteiger partial charge in [0.15, 0.2) is 0 Å². The number of nitrogens with one attached hydrogen (secondary N) is 1. The number of rotatable bonds is 1. The summed E-state index contributed by atoms with van der Waals surface area (Å²) in [6, 6.07) is 5.53. The molecular weight excluding hydrogens is 401 g/mol. The predicted octanol–water partition coefficient (Wildman–Crippen LogP) is 5.05. The summed E-state index contributed by atoms with van der Waals surface area (Å²) in [7, 11) is 0. The van der Waals surface area contributed by atoms with Gasteiger partial charge in [0.2, 0.25) is 0 Å². The first-order chi connectivity index (χ1) is 8.54. The number of aromatic nitrogens is 2. The molecule has 0 aliphatic rings. The lowest BCUT2D eigenvalue weighted by molar-refractivity contribution is 1.36. The van der Waals surface area contributed by atoms with Crippen LogP contribution in [0.2, 0.25) is 5.02 Å². The van der Waals surface area contributed by atoms with E-state index in [9.17, 15) is 0 Å². The summed E-state index contributed by atoms with van der Waals surface area (Å²) in [6.45, 7) is 0. The van der Waals surface area contributed by atoms with Gasteiger partial charge in [-0.05, 0) is 50.1 Å². The lowest BCUT2D eigenvalue weighted by atomic mass is 10.3. The van der Waals surface area contributed by atoms with Gasteiger partial charge in [-0.2, -0.15) is 0 Å². The van der Waals surface area contributed by atoms with Crippen LogP contribution in [0.15, 0.2) is 26.5 Å². The van der Waals surface area contributed by atoms with E-state index in [0.29, 0.717) is 10.7 Å². The third-order valence-electron chi connectivity index (χ3n) is 2.46. The molecule has 7 heteroatoms. The Bertz CT molecular complexity index is 731. The number of fused-ring (bicyclic) bond motifs is 1. The number of halogens is 3. The Morgan fingerprint density at radius 2 is 2.06 bits per heavy atom. The molecule has 3 rings (SSSR count). The lowest BCUT2D eigenvalue weighted by Gasteiger charge is -1.94. The van der Waals surface area contributed by atoms with Crippen molar-refractivity contribution in [1.29, 1.82) is 0 Å². The Morgan fingerprint density at radius 3 is 2.72 bits per heavy atom. The lowest BCUT2D eigenvalue weighted by Crippen LogP contribution is -1.86. The minimum atomic E-state index is 0.578. The van der Waals surface area contributed by atoms with Gasteiger partial charge in [-0.3, -0.25) is 0 Å². The van der Waals surface area contributed by atoms with Crippen LogP contribution in [0.3, 0.4) is 0 Å². The number of imidazole rings is 1. The van der Waals surface area contributed by atoms with Gasteiger partial charge < -0.3 is 10.7 Å². The van der Waals surface area contributed by atoms with E-state index in [0.717, 1.165) is 30.0 Å². The highest BCUT2D eigenvalue weighted by Gasteiger charge is 2.12. The normalized spacial score (nSPS) is 11.3. The van der Waals surface area contributed by atoms with E-state index in [4.69, 9.17) is 17.3 Å². The van der Waals surface area contributed by atoms with E-state index in [1.165, 1.54) is 0 Å². The Balaban J connectivity index is 2.22. The highest BCUT2D eigenvalue weighted by atomic mass is 79.9. The molecule has 3 nitrogen and oxygen atoms in total. The highest BCUT2D eigenvalue weighted by molar-refractivity contribution is 9.13. The van der Waals surface area contributed by atoms with Crippen molar-refractivity contribution in [3.05, 3.63) is 31.5 Å². The van der Waals surface area contributed by atoms with Gasteiger partial charge in [-0.1, -0.05) is 11.6 Å².